The third-order valence-electron chi connectivity index (χ3n) is 3.58. The molecule has 0 saturated heterocycles. The topological polar surface area (TPSA) is 49.8 Å². The quantitative estimate of drug-likeness (QED) is 0.421. The van der Waals surface area contributed by atoms with Gasteiger partial charge in [0.2, 0.25) is 0 Å². The summed E-state index contributed by atoms with van der Waals surface area (Å²) < 4.78 is 5.41. The number of nitrogens with zero attached hydrogens (tertiary/aromatic N) is 3. The van der Waals surface area contributed by atoms with Crippen molar-refractivity contribution in [2.75, 3.05) is 21.2 Å². The number of guanidine groups is 1. The van der Waals surface area contributed by atoms with Crippen molar-refractivity contribution in [3.8, 4) is 5.75 Å². The largest absolute Gasteiger partial charge is 0.496 e. The summed E-state index contributed by atoms with van der Waals surface area (Å²) >= 11 is 1.72. The van der Waals surface area contributed by atoms with E-state index >= 15 is 0 Å². The van der Waals surface area contributed by atoms with Crippen LogP contribution >= 0.6 is 35.3 Å². The van der Waals surface area contributed by atoms with Crippen molar-refractivity contribution < 1.29 is 4.74 Å². The smallest absolute Gasteiger partial charge is 0.193 e. The number of halogens is 1. The number of benzene rings is 1. The van der Waals surface area contributed by atoms with Gasteiger partial charge in [-0.15, -0.1) is 35.3 Å². The Balaban J connectivity index is 0.00000288. The maximum absolute atomic E-state index is 5.41. The fraction of sp³-hybridized carbons (Fsp3) is 0.412. The van der Waals surface area contributed by atoms with Crippen LogP contribution in [0.5, 0.6) is 5.75 Å². The first-order valence-corrected chi connectivity index (χ1v) is 8.33. The second-order valence-corrected chi connectivity index (χ2v) is 6.60. The molecule has 2 aromatic rings. The summed E-state index contributed by atoms with van der Waals surface area (Å²) in [7, 11) is 5.51. The molecule has 0 bridgehead atoms. The molecule has 0 aliphatic carbocycles. The molecule has 0 amide bonds. The molecule has 1 aromatic heterocycles. The molecule has 24 heavy (non-hydrogen) atoms. The zero-order valence-corrected chi connectivity index (χ0v) is 17.9. The molecule has 5 nitrogen and oxygen atoms in total. The Hall–Kier alpha value is -1.35. The van der Waals surface area contributed by atoms with Crippen LogP contribution in [0, 0.1) is 13.8 Å². The van der Waals surface area contributed by atoms with E-state index in [2.05, 4.69) is 26.3 Å². The zero-order chi connectivity index (χ0) is 16.8. The van der Waals surface area contributed by atoms with Gasteiger partial charge in [0.1, 0.15) is 5.75 Å². The van der Waals surface area contributed by atoms with Crippen molar-refractivity contribution >= 4 is 41.3 Å². The summed E-state index contributed by atoms with van der Waals surface area (Å²) in [5, 5.41) is 4.50. The summed E-state index contributed by atoms with van der Waals surface area (Å²) in [5.41, 5.74) is 2.22. The first kappa shape index (κ1) is 20.7. The minimum Gasteiger partial charge on any atom is -0.496 e. The van der Waals surface area contributed by atoms with E-state index in [0.29, 0.717) is 0 Å². The van der Waals surface area contributed by atoms with Crippen LogP contribution in [0.1, 0.15) is 21.1 Å². The monoisotopic (exact) mass is 460 g/mol. The summed E-state index contributed by atoms with van der Waals surface area (Å²) in [6, 6.07) is 8.04. The lowest BCUT2D eigenvalue weighted by molar-refractivity contribution is 0.396. The highest BCUT2D eigenvalue weighted by molar-refractivity contribution is 14.0. The fourth-order valence-electron chi connectivity index (χ4n) is 2.45. The minimum absolute atomic E-state index is 0. The van der Waals surface area contributed by atoms with Crippen molar-refractivity contribution in [3.63, 3.8) is 0 Å². The van der Waals surface area contributed by atoms with Gasteiger partial charge in [0.15, 0.2) is 5.96 Å². The van der Waals surface area contributed by atoms with Crippen LogP contribution in [0.4, 0.5) is 0 Å². The lowest BCUT2D eigenvalue weighted by Gasteiger charge is -2.23. The van der Waals surface area contributed by atoms with E-state index < -0.39 is 0 Å². The number of aliphatic imine (C=N–C) groups is 1. The first-order valence-electron chi connectivity index (χ1n) is 7.51. The van der Waals surface area contributed by atoms with Gasteiger partial charge in [-0.05, 0) is 19.9 Å². The SMILES string of the molecule is CN=C(NCc1sc(C)nc1C)N(C)Cc1ccccc1OC.I. The van der Waals surface area contributed by atoms with Crippen molar-refractivity contribution in [3.05, 3.63) is 45.4 Å². The Bertz CT molecular complexity index is 687. The van der Waals surface area contributed by atoms with Crippen molar-refractivity contribution in [1.29, 1.82) is 0 Å². The van der Waals surface area contributed by atoms with Crippen LogP contribution < -0.4 is 10.1 Å². The highest BCUT2D eigenvalue weighted by atomic mass is 127. The van der Waals surface area contributed by atoms with Gasteiger partial charge < -0.3 is 15.0 Å². The van der Waals surface area contributed by atoms with Crippen molar-refractivity contribution in [1.82, 2.24) is 15.2 Å². The van der Waals surface area contributed by atoms with Gasteiger partial charge in [-0.25, -0.2) is 4.98 Å². The van der Waals surface area contributed by atoms with E-state index in [0.717, 1.165) is 41.1 Å². The van der Waals surface area contributed by atoms with Crippen LogP contribution in [-0.2, 0) is 13.1 Å². The number of thiazole rings is 1. The average molecular weight is 460 g/mol. The van der Waals surface area contributed by atoms with E-state index in [-0.39, 0.29) is 24.0 Å². The second-order valence-electron chi connectivity index (χ2n) is 5.31. The highest BCUT2D eigenvalue weighted by Crippen LogP contribution is 2.19. The third-order valence-corrected chi connectivity index (χ3v) is 4.65. The molecule has 0 fully saturated rings. The number of aromatic nitrogens is 1. The van der Waals surface area contributed by atoms with Crippen molar-refractivity contribution in [2.24, 2.45) is 4.99 Å². The molecule has 1 N–H and O–H groups in total. The number of nitrogens with one attached hydrogen (secondary N) is 1. The van der Waals surface area contributed by atoms with Gasteiger partial charge in [-0.2, -0.15) is 0 Å². The van der Waals surface area contributed by atoms with Gasteiger partial charge in [-0.3, -0.25) is 4.99 Å². The number of para-hydroxylation sites is 1. The maximum Gasteiger partial charge on any atom is 0.193 e. The molecule has 1 heterocycles. The Labute approximate surface area is 165 Å². The first-order chi connectivity index (χ1) is 11.0. The molecule has 0 unspecified atom stereocenters. The Morgan fingerprint density at radius 3 is 2.62 bits per heavy atom. The van der Waals surface area contributed by atoms with E-state index in [1.165, 1.54) is 4.88 Å². The van der Waals surface area contributed by atoms with Crippen LogP contribution in [0.3, 0.4) is 0 Å². The maximum atomic E-state index is 5.41. The molecule has 0 radical (unpaired) electrons. The van der Waals surface area contributed by atoms with Crippen LogP contribution in [-0.4, -0.2) is 37.0 Å². The second kappa shape index (κ2) is 9.83. The van der Waals surface area contributed by atoms with Gasteiger partial charge in [0.25, 0.3) is 0 Å². The van der Waals surface area contributed by atoms with Crippen molar-refractivity contribution in [2.45, 2.75) is 26.9 Å². The zero-order valence-electron chi connectivity index (χ0n) is 14.8. The Kier molecular flexibility index (Phi) is 8.47. The predicted octanol–water partition coefficient (Wildman–Crippen LogP) is 3.59. The molecule has 0 saturated carbocycles. The number of aryl methyl sites for hydroxylation is 2. The molecule has 0 spiro atoms. The van der Waals surface area contributed by atoms with Crippen LogP contribution in [0.2, 0.25) is 0 Å². The lowest BCUT2D eigenvalue weighted by atomic mass is 10.2. The van der Waals surface area contributed by atoms with E-state index in [9.17, 15) is 0 Å². The Morgan fingerprint density at radius 2 is 2.04 bits per heavy atom. The molecule has 1 aromatic carbocycles. The standard InChI is InChI=1S/C17H24N4OS.HI/c1-12-16(23-13(2)20-12)10-19-17(18-3)21(4)11-14-8-6-7-9-15(14)22-5;/h6-9H,10-11H2,1-5H3,(H,18,19);1H. The molecule has 2 rings (SSSR count). The number of rotatable bonds is 5. The lowest BCUT2D eigenvalue weighted by Crippen LogP contribution is -2.38. The molecular formula is C17H25IN4OS. The summed E-state index contributed by atoms with van der Waals surface area (Å²) in [5.74, 6) is 1.74. The summed E-state index contributed by atoms with van der Waals surface area (Å²) in [6.07, 6.45) is 0. The Morgan fingerprint density at radius 1 is 1.33 bits per heavy atom. The van der Waals surface area contributed by atoms with Gasteiger partial charge in [0, 0.05) is 31.1 Å². The summed E-state index contributed by atoms with van der Waals surface area (Å²) in [6.45, 7) is 5.54. The minimum atomic E-state index is 0. The molecule has 132 valence electrons. The number of methoxy groups -OCH3 is 1. The highest BCUT2D eigenvalue weighted by Gasteiger charge is 2.11. The van der Waals surface area contributed by atoms with Crippen LogP contribution in [0.15, 0.2) is 29.3 Å². The molecule has 0 aliphatic rings. The molecule has 0 aliphatic heterocycles. The average Bonchev–Trinajstić information content (AvgIpc) is 2.86. The van der Waals surface area contributed by atoms with E-state index in [4.69, 9.17) is 4.74 Å². The number of ether oxygens (including phenoxy) is 1. The van der Waals surface area contributed by atoms with E-state index in [1.54, 1.807) is 25.5 Å². The van der Waals surface area contributed by atoms with E-state index in [1.807, 2.05) is 39.1 Å². The normalized spacial score (nSPS) is 11.0. The van der Waals surface area contributed by atoms with Gasteiger partial charge in [0.05, 0.1) is 24.4 Å². The van der Waals surface area contributed by atoms with Crippen LogP contribution in [0.25, 0.3) is 0 Å². The molecule has 0 atom stereocenters. The predicted molar refractivity (Wildman–Crippen MR) is 112 cm³/mol. The summed E-state index contributed by atoms with van der Waals surface area (Å²) in [4.78, 5) is 12.2. The third kappa shape index (κ3) is 5.34. The van der Waals surface area contributed by atoms with Gasteiger partial charge >= 0.3 is 0 Å². The number of hydrogen-bond donors (Lipinski definition) is 1. The van der Waals surface area contributed by atoms with Gasteiger partial charge in [-0.1, -0.05) is 18.2 Å². The number of hydrogen-bond acceptors (Lipinski definition) is 4. The molecular weight excluding hydrogens is 435 g/mol. The fourth-order valence-corrected chi connectivity index (χ4v) is 3.32. The molecule has 7 heteroatoms.